The summed E-state index contributed by atoms with van der Waals surface area (Å²) >= 11 is 0. The Morgan fingerprint density at radius 2 is 1.72 bits per heavy atom. The molecule has 0 spiro atoms. The van der Waals surface area contributed by atoms with Crippen LogP contribution in [0.4, 0.5) is 5.69 Å². The van der Waals surface area contributed by atoms with Gasteiger partial charge in [-0.3, -0.25) is 14.9 Å². The fourth-order valence-corrected chi connectivity index (χ4v) is 10.2. The lowest BCUT2D eigenvalue weighted by atomic mass is 9.55. The summed E-state index contributed by atoms with van der Waals surface area (Å²) in [6.45, 7) is 4.90. The Bertz CT molecular complexity index is 2410. The Morgan fingerprint density at radius 1 is 0.969 bits per heavy atom. The zero-order valence-corrected chi connectivity index (χ0v) is 37.0. The molecule has 13 nitrogen and oxygen atoms in total. The third-order valence-corrected chi connectivity index (χ3v) is 13.4. The van der Waals surface area contributed by atoms with Crippen molar-refractivity contribution in [1.82, 2.24) is 4.90 Å². The number of hydrogen-bond donors (Lipinski definition) is 2. The van der Waals surface area contributed by atoms with E-state index in [0.717, 1.165) is 60.4 Å². The minimum atomic E-state index is -1.43. The van der Waals surface area contributed by atoms with Crippen molar-refractivity contribution in [1.29, 1.82) is 0 Å². The van der Waals surface area contributed by atoms with E-state index in [-0.39, 0.29) is 55.6 Å². The van der Waals surface area contributed by atoms with Crippen LogP contribution in [0.5, 0.6) is 17.2 Å². The molecular formula is C52H59N3O10. The first kappa shape index (κ1) is 45.7. The highest BCUT2D eigenvalue weighted by molar-refractivity contribution is 6.03. The van der Waals surface area contributed by atoms with E-state index in [1.54, 1.807) is 36.2 Å². The van der Waals surface area contributed by atoms with Gasteiger partial charge in [0.1, 0.15) is 23.3 Å². The van der Waals surface area contributed by atoms with Crippen LogP contribution in [0.2, 0.25) is 0 Å². The zero-order chi connectivity index (χ0) is 45.3. The Kier molecular flexibility index (Phi) is 14.7. The Hall–Kier alpha value is -5.86. The first-order valence-corrected chi connectivity index (χ1v) is 22.9. The first-order chi connectivity index (χ1) is 31.7. The number of rotatable bonds is 19. The van der Waals surface area contributed by atoms with Gasteiger partial charge >= 0.3 is 0 Å². The van der Waals surface area contributed by atoms with E-state index in [0.29, 0.717) is 54.4 Å². The summed E-state index contributed by atoms with van der Waals surface area (Å²) < 4.78 is 26.9. The van der Waals surface area contributed by atoms with E-state index >= 15 is 0 Å². The number of aliphatic hydroxyl groups is 2. The molecule has 1 amide bonds. The summed E-state index contributed by atoms with van der Waals surface area (Å²) in [5, 5.41) is 38.3. The van der Waals surface area contributed by atoms with Crippen molar-refractivity contribution in [2.24, 2.45) is 22.9 Å². The molecule has 4 aromatic carbocycles. The molecule has 0 bridgehead atoms. The quantitative estimate of drug-likeness (QED) is 0.0305. The predicted molar refractivity (Wildman–Crippen MR) is 249 cm³/mol. The highest BCUT2D eigenvalue weighted by Crippen LogP contribution is 2.62. The number of likely N-dealkylation sites (N-methyl/N-ethyl adjacent to an activating group) is 1. The van der Waals surface area contributed by atoms with E-state index in [2.05, 4.69) is 30.9 Å². The number of nitro benzene ring substituents is 1. The molecule has 2 heterocycles. The van der Waals surface area contributed by atoms with Crippen molar-refractivity contribution >= 4 is 34.2 Å². The normalized spacial score (nSPS) is 25.3. The number of fused-ring (bicyclic) bond motifs is 3. The monoisotopic (exact) mass is 885 g/mol. The van der Waals surface area contributed by atoms with Gasteiger partial charge in [0, 0.05) is 62.8 Å². The molecule has 2 fully saturated rings. The molecule has 4 aromatic rings. The molecule has 1 saturated heterocycles. The van der Waals surface area contributed by atoms with Gasteiger partial charge in [0.05, 0.1) is 29.8 Å². The minimum Gasteiger partial charge on any atom is -0.459 e. The summed E-state index contributed by atoms with van der Waals surface area (Å²) in [6.07, 6.45) is 13.9. The van der Waals surface area contributed by atoms with Crippen LogP contribution < -0.4 is 9.47 Å². The van der Waals surface area contributed by atoms with Gasteiger partial charge in [-0.15, -0.1) is 6.58 Å². The first-order valence-electron chi connectivity index (χ1n) is 22.9. The highest BCUT2D eigenvalue weighted by Gasteiger charge is 2.65. The number of ether oxygens (including phenoxy) is 4. The van der Waals surface area contributed by atoms with Gasteiger partial charge in [0.2, 0.25) is 18.0 Å². The van der Waals surface area contributed by atoms with Crippen LogP contribution in [0, 0.1) is 27.9 Å². The maximum absolute atomic E-state index is 14.5. The number of unbranched alkanes of at least 4 members (excludes halogenated alkanes) is 2. The van der Waals surface area contributed by atoms with Gasteiger partial charge in [0.15, 0.2) is 0 Å². The zero-order valence-electron chi connectivity index (χ0n) is 37.0. The molecular weight excluding hydrogens is 827 g/mol. The van der Waals surface area contributed by atoms with Crippen LogP contribution in [0.25, 0.3) is 16.8 Å². The molecule has 0 radical (unpaired) electrons. The van der Waals surface area contributed by atoms with Gasteiger partial charge in [-0.1, -0.05) is 60.5 Å². The summed E-state index contributed by atoms with van der Waals surface area (Å²) in [4.78, 5) is 33.2. The van der Waals surface area contributed by atoms with Crippen LogP contribution in [-0.4, -0.2) is 83.2 Å². The number of amides is 1. The topological polar surface area (TPSA) is 162 Å². The molecule has 7 atom stereocenters. The molecule has 1 saturated carbocycles. The Balaban J connectivity index is 1.27. The SMILES string of the molecule is C=CCOC12Oc3ccc(Oc4ccc5ccccc5c4)cc3C3C(CCCCO)C(CCCCO)C=C(C(=NOC4CCCCO4)CC1N(C)C(=O)C=Cc1ccc([N+](=O)[O-])cc1)C32. The molecule has 8 rings (SSSR count). The van der Waals surface area contributed by atoms with Crippen molar-refractivity contribution in [2.45, 2.75) is 88.2 Å². The number of nitrogens with zero attached hydrogens (tertiary/aromatic N) is 3. The second kappa shape index (κ2) is 21.0. The average Bonchev–Trinajstić information content (AvgIpc) is 3.33. The average molecular weight is 886 g/mol. The number of non-ortho nitro benzene ring substituents is 1. The second-order valence-corrected chi connectivity index (χ2v) is 17.4. The summed E-state index contributed by atoms with van der Waals surface area (Å²) in [6, 6.07) is 25.4. The van der Waals surface area contributed by atoms with Gasteiger partial charge in [-0.2, -0.15) is 0 Å². The highest BCUT2D eigenvalue weighted by atomic mass is 16.8. The van der Waals surface area contributed by atoms with Gasteiger partial charge in [0.25, 0.3) is 5.69 Å². The van der Waals surface area contributed by atoms with E-state index in [4.69, 9.17) is 28.9 Å². The third-order valence-electron chi connectivity index (χ3n) is 13.4. The Labute approximate surface area is 380 Å². The lowest BCUT2D eigenvalue weighted by molar-refractivity contribution is -0.384. The third kappa shape index (κ3) is 10.0. The maximum atomic E-state index is 14.5. The fourth-order valence-electron chi connectivity index (χ4n) is 10.2. The fraction of sp³-hybridized carbons (Fsp3) is 0.423. The molecule has 2 N–H and O–H groups in total. The van der Waals surface area contributed by atoms with Crippen molar-refractivity contribution in [3.05, 3.63) is 137 Å². The molecule has 342 valence electrons. The second-order valence-electron chi connectivity index (χ2n) is 17.4. The number of allylic oxidation sites excluding steroid dienone is 1. The minimum absolute atomic E-state index is 0.0323. The van der Waals surface area contributed by atoms with Gasteiger partial charge in [-0.05, 0) is 121 Å². The summed E-state index contributed by atoms with van der Waals surface area (Å²) in [7, 11) is 1.73. The van der Waals surface area contributed by atoms with Crippen molar-refractivity contribution in [3.63, 3.8) is 0 Å². The van der Waals surface area contributed by atoms with E-state index in [9.17, 15) is 25.1 Å². The molecule has 0 aromatic heterocycles. The molecule has 4 aliphatic rings. The van der Waals surface area contributed by atoms with Crippen molar-refractivity contribution < 1.29 is 43.7 Å². The number of hydrogen-bond acceptors (Lipinski definition) is 11. The number of oxime groups is 1. The van der Waals surface area contributed by atoms with Crippen LogP contribution in [0.15, 0.2) is 120 Å². The number of nitro groups is 1. The summed E-state index contributed by atoms with van der Waals surface area (Å²) in [5.41, 5.74) is 3.13. The lowest BCUT2D eigenvalue weighted by Crippen LogP contribution is -2.69. The van der Waals surface area contributed by atoms with E-state index in [1.807, 2.05) is 42.5 Å². The summed E-state index contributed by atoms with van der Waals surface area (Å²) in [5.74, 6) is -0.455. The molecule has 13 heteroatoms. The van der Waals surface area contributed by atoms with Crippen LogP contribution in [0.3, 0.4) is 0 Å². The number of benzene rings is 4. The van der Waals surface area contributed by atoms with Gasteiger partial charge < -0.3 is 38.9 Å². The molecule has 65 heavy (non-hydrogen) atoms. The van der Waals surface area contributed by atoms with Crippen LogP contribution in [-0.2, 0) is 19.1 Å². The lowest BCUT2D eigenvalue weighted by Gasteiger charge is -2.59. The molecule has 2 aliphatic heterocycles. The standard InChI is InChI=1S/C52H59N3O10/c1-3-29-62-52-47(54(2)48(58)26-19-35-17-21-39(22-18-35)55(59)60)34-45(53-65-49-16-8-11-30-61-49)43-32-38(14-6-9-27-56)42(15-7-10-28-57)50(51(43)52)44-33-41(24-25-46(44)64-52)63-40-23-20-36-12-4-5-13-37(36)31-40/h3-5,12-13,17-26,31-33,38,42,47,49-51,56-57H,1,6-11,14-16,27-30,34H2,2H3. The number of aliphatic hydroxyl groups excluding tert-OH is 2. The predicted octanol–water partition coefficient (Wildman–Crippen LogP) is 9.87. The van der Waals surface area contributed by atoms with Gasteiger partial charge in [-0.25, -0.2) is 0 Å². The molecule has 7 unspecified atom stereocenters. The van der Waals surface area contributed by atoms with Crippen LogP contribution in [0.1, 0.15) is 81.3 Å². The van der Waals surface area contributed by atoms with Crippen molar-refractivity contribution in [2.75, 3.05) is 33.5 Å². The number of carbonyl (C=O) groups excluding carboxylic acids is 1. The Morgan fingerprint density at radius 3 is 2.46 bits per heavy atom. The maximum Gasteiger partial charge on any atom is 0.269 e. The number of carbonyl (C=O) groups is 1. The molecule has 2 aliphatic carbocycles. The van der Waals surface area contributed by atoms with Crippen LogP contribution >= 0.6 is 0 Å². The van der Waals surface area contributed by atoms with E-state index in [1.165, 1.54) is 18.2 Å². The van der Waals surface area contributed by atoms with Crippen molar-refractivity contribution in [3.8, 4) is 17.2 Å². The largest absolute Gasteiger partial charge is 0.459 e. The van der Waals surface area contributed by atoms with E-state index < -0.39 is 29.0 Å². The smallest absolute Gasteiger partial charge is 0.269 e.